The van der Waals surface area contributed by atoms with Crippen LogP contribution in [0.1, 0.15) is 29.2 Å². The van der Waals surface area contributed by atoms with E-state index < -0.39 is 0 Å². The van der Waals surface area contributed by atoms with Gasteiger partial charge in [0.1, 0.15) is 0 Å². The Morgan fingerprint density at radius 3 is 1.78 bits per heavy atom. The van der Waals surface area contributed by atoms with Crippen molar-refractivity contribution in [3.8, 4) is 0 Å². The van der Waals surface area contributed by atoms with Crippen molar-refractivity contribution in [2.75, 3.05) is 0 Å². The number of hydrogen-bond acceptors (Lipinski definition) is 1. The molecule has 0 saturated heterocycles. The molecule has 0 amide bonds. The van der Waals surface area contributed by atoms with Gasteiger partial charge in [-0.2, -0.15) is 0 Å². The maximum Gasteiger partial charge on any atom is 0.00509 e. The summed E-state index contributed by atoms with van der Waals surface area (Å²) in [4.78, 5) is 0. The highest BCUT2D eigenvalue weighted by molar-refractivity contribution is 5.30. The molecular weight excluding hydrogens is 218 g/mol. The molecule has 0 aliphatic heterocycles. The summed E-state index contributed by atoms with van der Waals surface area (Å²) in [6.45, 7) is 4.16. The number of aryl methyl sites for hydroxylation is 1. The molecule has 0 bridgehead atoms. The molecule has 0 radical (unpaired) electrons. The van der Waals surface area contributed by atoms with Crippen LogP contribution < -0.4 is 5.73 Å². The van der Waals surface area contributed by atoms with E-state index in [2.05, 4.69) is 55.5 Å². The molecule has 1 nitrogen and oxygen atoms in total. The fourth-order valence-corrected chi connectivity index (χ4v) is 2.11. The van der Waals surface area contributed by atoms with Crippen molar-refractivity contribution >= 4 is 0 Å². The molecule has 2 aromatic rings. The van der Waals surface area contributed by atoms with Gasteiger partial charge in [-0.3, -0.25) is 0 Å². The first-order valence-corrected chi connectivity index (χ1v) is 6.52. The second-order valence-electron chi connectivity index (χ2n) is 5.16. The van der Waals surface area contributed by atoms with E-state index in [0.717, 1.165) is 12.8 Å². The summed E-state index contributed by atoms with van der Waals surface area (Å²) in [6.07, 6.45) is 1.95. The number of benzene rings is 2. The van der Waals surface area contributed by atoms with E-state index in [-0.39, 0.29) is 6.04 Å². The highest BCUT2D eigenvalue weighted by atomic mass is 14.6. The lowest BCUT2D eigenvalue weighted by atomic mass is 10.0. The zero-order valence-corrected chi connectivity index (χ0v) is 11.2. The molecule has 0 aliphatic rings. The van der Waals surface area contributed by atoms with E-state index in [1.807, 2.05) is 6.92 Å². The Morgan fingerprint density at radius 1 is 0.833 bits per heavy atom. The smallest absolute Gasteiger partial charge is 0.00509 e. The highest BCUT2D eigenvalue weighted by Crippen LogP contribution is 2.12. The number of nitrogens with two attached hydrogens (primary N) is 1. The van der Waals surface area contributed by atoms with Gasteiger partial charge in [0.05, 0.1) is 0 Å². The van der Waals surface area contributed by atoms with Crippen LogP contribution in [0.15, 0.2) is 48.5 Å². The van der Waals surface area contributed by atoms with Crippen molar-refractivity contribution in [3.63, 3.8) is 0 Å². The molecule has 18 heavy (non-hydrogen) atoms. The summed E-state index contributed by atoms with van der Waals surface area (Å²) in [5.41, 5.74) is 11.1. The van der Waals surface area contributed by atoms with Crippen LogP contribution in [0.2, 0.25) is 0 Å². The molecule has 0 aliphatic carbocycles. The molecule has 0 aromatic heterocycles. The third-order valence-electron chi connectivity index (χ3n) is 3.11. The Hall–Kier alpha value is -1.60. The van der Waals surface area contributed by atoms with Gasteiger partial charge in [-0.05, 0) is 43.4 Å². The van der Waals surface area contributed by atoms with Crippen LogP contribution in [0.4, 0.5) is 0 Å². The molecule has 2 rings (SSSR count). The highest BCUT2D eigenvalue weighted by Gasteiger charge is 1.99. The molecule has 0 fully saturated rings. The van der Waals surface area contributed by atoms with Crippen LogP contribution in [0.5, 0.6) is 0 Å². The van der Waals surface area contributed by atoms with Crippen molar-refractivity contribution in [1.82, 2.24) is 0 Å². The lowest BCUT2D eigenvalue weighted by molar-refractivity contribution is 0.738. The lowest BCUT2D eigenvalue weighted by Gasteiger charge is -2.07. The zero-order chi connectivity index (χ0) is 13.0. The quantitative estimate of drug-likeness (QED) is 0.868. The Balaban J connectivity index is 2.04. The molecule has 0 heterocycles. The van der Waals surface area contributed by atoms with Crippen LogP contribution >= 0.6 is 0 Å². The summed E-state index contributed by atoms with van der Waals surface area (Å²) >= 11 is 0. The van der Waals surface area contributed by atoms with Gasteiger partial charge < -0.3 is 5.73 Å². The van der Waals surface area contributed by atoms with Crippen molar-refractivity contribution in [3.05, 3.63) is 70.8 Å². The summed E-state index contributed by atoms with van der Waals surface area (Å²) in [5.74, 6) is 0. The van der Waals surface area contributed by atoms with Gasteiger partial charge in [-0.1, -0.05) is 54.1 Å². The predicted octanol–water partition coefficient (Wildman–Crippen LogP) is 3.48. The second-order valence-corrected chi connectivity index (χ2v) is 5.16. The van der Waals surface area contributed by atoms with Crippen LogP contribution in [-0.2, 0) is 12.8 Å². The number of hydrogen-bond donors (Lipinski definition) is 1. The predicted molar refractivity (Wildman–Crippen MR) is 77.8 cm³/mol. The third-order valence-corrected chi connectivity index (χ3v) is 3.11. The molecule has 1 heteroatoms. The van der Waals surface area contributed by atoms with Crippen molar-refractivity contribution < 1.29 is 0 Å². The maximum absolute atomic E-state index is 5.80. The molecule has 0 spiro atoms. The van der Waals surface area contributed by atoms with Crippen LogP contribution in [0.25, 0.3) is 0 Å². The van der Waals surface area contributed by atoms with Gasteiger partial charge in [0.25, 0.3) is 0 Å². The first-order valence-electron chi connectivity index (χ1n) is 6.52. The zero-order valence-electron chi connectivity index (χ0n) is 11.2. The van der Waals surface area contributed by atoms with E-state index in [1.165, 1.54) is 22.3 Å². The Labute approximate surface area is 110 Å². The summed E-state index contributed by atoms with van der Waals surface area (Å²) in [5, 5.41) is 0. The van der Waals surface area contributed by atoms with Gasteiger partial charge in [-0.25, -0.2) is 0 Å². The standard InChI is InChI=1S/C17H21N/c1-13-3-5-16(6-4-13)12-17-9-7-15(8-10-17)11-14(2)18/h3-10,14H,11-12,18H2,1-2H3. The maximum atomic E-state index is 5.80. The van der Waals surface area contributed by atoms with Crippen LogP contribution in [0, 0.1) is 6.92 Å². The number of rotatable bonds is 4. The first kappa shape index (κ1) is 12.8. The molecular formula is C17H21N. The largest absolute Gasteiger partial charge is 0.328 e. The van der Waals surface area contributed by atoms with Crippen LogP contribution in [-0.4, -0.2) is 6.04 Å². The molecule has 1 atom stereocenters. The Kier molecular flexibility index (Phi) is 4.16. The fraction of sp³-hybridized carbons (Fsp3) is 0.294. The van der Waals surface area contributed by atoms with Crippen LogP contribution in [0.3, 0.4) is 0 Å². The van der Waals surface area contributed by atoms with Crippen molar-refractivity contribution in [2.24, 2.45) is 5.73 Å². The molecule has 2 aromatic carbocycles. The fourth-order valence-electron chi connectivity index (χ4n) is 2.11. The average molecular weight is 239 g/mol. The van der Waals surface area contributed by atoms with E-state index in [4.69, 9.17) is 5.73 Å². The minimum Gasteiger partial charge on any atom is -0.328 e. The van der Waals surface area contributed by atoms with E-state index in [1.54, 1.807) is 0 Å². The summed E-state index contributed by atoms with van der Waals surface area (Å²) in [7, 11) is 0. The summed E-state index contributed by atoms with van der Waals surface area (Å²) < 4.78 is 0. The minimum atomic E-state index is 0.230. The SMILES string of the molecule is Cc1ccc(Cc2ccc(CC(C)N)cc2)cc1. The van der Waals surface area contributed by atoms with Crippen molar-refractivity contribution in [1.29, 1.82) is 0 Å². The van der Waals surface area contributed by atoms with E-state index >= 15 is 0 Å². The second kappa shape index (κ2) is 5.83. The molecule has 2 N–H and O–H groups in total. The van der Waals surface area contributed by atoms with Gasteiger partial charge in [0.15, 0.2) is 0 Å². The average Bonchev–Trinajstić information content (AvgIpc) is 2.34. The topological polar surface area (TPSA) is 26.0 Å². The Morgan fingerprint density at radius 2 is 1.28 bits per heavy atom. The monoisotopic (exact) mass is 239 g/mol. The van der Waals surface area contributed by atoms with E-state index in [9.17, 15) is 0 Å². The molecule has 1 unspecified atom stereocenters. The van der Waals surface area contributed by atoms with Gasteiger partial charge >= 0.3 is 0 Å². The molecule has 0 saturated carbocycles. The Bertz CT molecular complexity index is 480. The molecule has 94 valence electrons. The van der Waals surface area contributed by atoms with Gasteiger partial charge in [0, 0.05) is 6.04 Å². The summed E-state index contributed by atoms with van der Waals surface area (Å²) in [6, 6.07) is 17.7. The minimum absolute atomic E-state index is 0.230. The van der Waals surface area contributed by atoms with Gasteiger partial charge in [0.2, 0.25) is 0 Å². The normalized spacial score (nSPS) is 12.4. The lowest BCUT2D eigenvalue weighted by Crippen LogP contribution is -2.17. The first-order chi connectivity index (χ1) is 8.63. The van der Waals surface area contributed by atoms with E-state index in [0.29, 0.717) is 0 Å². The van der Waals surface area contributed by atoms with Crippen molar-refractivity contribution in [2.45, 2.75) is 32.7 Å². The third kappa shape index (κ3) is 3.71. The van der Waals surface area contributed by atoms with Gasteiger partial charge in [-0.15, -0.1) is 0 Å².